The lowest BCUT2D eigenvalue weighted by atomic mass is 10.1. The van der Waals surface area contributed by atoms with Gasteiger partial charge in [-0.15, -0.1) is 0 Å². The largest absolute Gasteiger partial charge is 0.298 e. The summed E-state index contributed by atoms with van der Waals surface area (Å²) in [6.07, 6.45) is 3.32. The standard InChI is InChI=1S/C22H17ClN4OS/c1-13-5-3-6-15(11-13)18-19(16-8-10-24-14(2)12-16)29-22(26-18)27-21(28)17-7-4-9-25-20(17)23/h3-12H,1-2H3,(H,26,27,28). The molecule has 0 aliphatic heterocycles. The minimum Gasteiger partial charge on any atom is -0.298 e. The summed E-state index contributed by atoms with van der Waals surface area (Å²) in [6.45, 7) is 3.99. The van der Waals surface area contributed by atoms with Crippen LogP contribution >= 0.6 is 22.9 Å². The van der Waals surface area contributed by atoms with Crippen molar-refractivity contribution < 1.29 is 4.79 Å². The quantitative estimate of drug-likeness (QED) is 0.424. The average molecular weight is 421 g/mol. The molecule has 0 saturated heterocycles. The monoisotopic (exact) mass is 420 g/mol. The topological polar surface area (TPSA) is 67.8 Å². The minimum absolute atomic E-state index is 0.158. The molecule has 0 saturated carbocycles. The number of aromatic nitrogens is 3. The van der Waals surface area contributed by atoms with Crippen molar-refractivity contribution in [2.75, 3.05) is 5.32 Å². The highest BCUT2D eigenvalue weighted by atomic mass is 35.5. The van der Waals surface area contributed by atoms with Crippen molar-refractivity contribution in [2.45, 2.75) is 13.8 Å². The van der Waals surface area contributed by atoms with E-state index < -0.39 is 0 Å². The third-order valence-electron chi connectivity index (χ3n) is 4.30. The molecule has 0 atom stereocenters. The van der Waals surface area contributed by atoms with Crippen LogP contribution in [0.25, 0.3) is 21.7 Å². The van der Waals surface area contributed by atoms with E-state index in [2.05, 4.69) is 21.4 Å². The molecule has 0 bridgehead atoms. The Bertz CT molecular complexity index is 1140. The first-order valence-corrected chi connectivity index (χ1v) is 10.1. The third kappa shape index (κ3) is 4.18. The van der Waals surface area contributed by atoms with Gasteiger partial charge in [-0.1, -0.05) is 46.7 Å². The number of hydrogen-bond donors (Lipinski definition) is 1. The molecule has 0 spiro atoms. The molecule has 144 valence electrons. The number of nitrogens with zero attached hydrogens (tertiary/aromatic N) is 3. The average Bonchev–Trinajstić information content (AvgIpc) is 3.12. The number of aryl methyl sites for hydroxylation is 2. The molecule has 1 aromatic carbocycles. The van der Waals surface area contributed by atoms with Gasteiger partial charge in [0, 0.05) is 23.7 Å². The second-order valence-corrected chi connectivity index (χ2v) is 7.91. The van der Waals surface area contributed by atoms with E-state index in [9.17, 15) is 4.79 Å². The van der Waals surface area contributed by atoms with Gasteiger partial charge in [-0.3, -0.25) is 15.1 Å². The number of anilines is 1. The van der Waals surface area contributed by atoms with Crippen molar-refractivity contribution in [1.82, 2.24) is 15.0 Å². The fourth-order valence-electron chi connectivity index (χ4n) is 2.96. The molecule has 1 N–H and O–H groups in total. The Balaban J connectivity index is 1.77. The van der Waals surface area contributed by atoms with E-state index in [1.165, 1.54) is 11.3 Å². The van der Waals surface area contributed by atoms with Gasteiger partial charge in [0.05, 0.1) is 16.1 Å². The molecule has 0 radical (unpaired) electrons. The maximum Gasteiger partial charge on any atom is 0.260 e. The number of pyridine rings is 2. The van der Waals surface area contributed by atoms with Gasteiger partial charge in [-0.05, 0) is 49.7 Å². The number of nitrogens with one attached hydrogen (secondary N) is 1. The molecule has 29 heavy (non-hydrogen) atoms. The molecule has 4 rings (SSSR count). The van der Waals surface area contributed by atoms with E-state index in [1.807, 2.05) is 44.2 Å². The van der Waals surface area contributed by atoms with Crippen LogP contribution in [-0.2, 0) is 0 Å². The summed E-state index contributed by atoms with van der Waals surface area (Å²) in [4.78, 5) is 26.6. The zero-order chi connectivity index (χ0) is 20.4. The minimum atomic E-state index is -0.342. The van der Waals surface area contributed by atoms with E-state index in [4.69, 9.17) is 16.6 Å². The number of thiazole rings is 1. The Morgan fingerprint density at radius 3 is 2.62 bits per heavy atom. The van der Waals surface area contributed by atoms with E-state index in [1.54, 1.807) is 24.5 Å². The maximum absolute atomic E-state index is 12.7. The van der Waals surface area contributed by atoms with Crippen LogP contribution in [0.2, 0.25) is 5.15 Å². The van der Waals surface area contributed by atoms with Gasteiger partial charge in [0.15, 0.2) is 5.13 Å². The maximum atomic E-state index is 12.7. The lowest BCUT2D eigenvalue weighted by Crippen LogP contribution is -2.12. The van der Waals surface area contributed by atoms with E-state index >= 15 is 0 Å². The van der Waals surface area contributed by atoms with Crippen LogP contribution in [0.5, 0.6) is 0 Å². The van der Waals surface area contributed by atoms with Gasteiger partial charge >= 0.3 is 0 Å². The summed E-state index contributed by atoms with van der Waals surface area (Å²) >= 11 is 7.47. The number of carbonyl (C=O) groups is 1. The predicted molar refractivity (Wildman–Crippen MR) is 117 cm³/mol. The van der Waals surface area contributed by atoms with E-state index in [0.29, 0.717) is 10.7 Å². The Morgan fingerprint density at radius 2 is 1.86 bits per heavy atom. The van der Waals surface area contributed by atoms with Crippen molar-refractivity contribution in [3.8, 4) is 21.7 Å². The summed E-state index contributed by atoms with van der Waals surface area (Å²) in [6, 6.07) is 15.4. The summed E-state index contributed by atoms with van der Waals surface area (Å²) in [5, 5.41) is 3.51. The van der Waals surface area contributed by atoms with Crippen molar-refractivity contribution in [3.05, 3.63) is 82.9 Å². The molecule has 3 aromatic heterocycles. The van der Waals surface area contributed by atoms with Gasteiger partial charge in [0.1, 0.15) is 5.15 Å². The number of benzene rings is 1. The molecule has 0 fully saturated rings. The van der Waals surface area contributed by atoms with Crippen LogP contribution in [0, 0.1) is 13.8 Å². The fraction of sp³-hybridized carbons (Fsp3) is 0.0909. The first kappa shape index (κ1) is 19.2. The van der Waals surface area contributed by atoms with Gasteiger partial charge in [-0.2, -0.15) is 0 Å². The second kappa shape index (κ2) is 8.11. The van der Waals surface area contributed by atoms with Crippen molar-refractivity contribution >= 4 is 34.0 Å². The summed E-state index contributed by atoms with van der Waals surface area (Å²) in [5.74, 6) is -0.342. The Kier molecular flexibility index (Phi) is 5.38. The van der Waals surface area contributed by atoms with Crippen LogP contribution < -0.4 is 5.32 Å². The first-order valence-electron chi connectivity index (χ1n) is 8.94. The molecule has 5 nitrogen and oxygen atoms in total. The van der Waals surface area contributed by atoms with Gasteiger partial charge < -0.3 is 0 Å². The van der Waals surface area contributed by atoms with Crippen LogP contribution in [0.1, 0.15) is 21.6 Å². The van der Waals surface area contributed by atoms with Crippen LogP contribution in [-0.4, -0.2) is 20.9 Å². The van der Waals surface area contributed by atoms with Gasteiger partial charge in [0.25, 0.3) is 5.91 Å². The van der Waals surface area contributed by atoms with Crippen molar-refractivity contribution in [2.24, 2.45) is 0 Å². The highest BCUT2D eigenvalue weighted by Crippen LogP contribution is 2.39. The lowest BCUT2D eigenvalue weighted by Gasteiger charge is -2.04. The zero-order valence-corrected chi connectivity index (χ0v) is 17.4. The smallest absolute Gasteiger partial charge is 0.260 e. The fourth-order valence-corrected chi connectivity index (χ4v) is 4.15. The first-order chi connectivity index (χ1) is 14.0. The molecule has 7 heteroatoms. The third-order valence-corrected chi connectivity index (χ3v) is 5.62. The Labute approximate surface area is 177 Å². The second-order valence-electron chi connectivity index (χ2n) is 6.55. The normalized spacial score (nSPS) is 10.7. The predicted octanol–water partition coefficient (Wildman–Crippen LogP) is 5.79. The van der Waals surface area contributed by atoms with Crippen LogP contribution in [0.4, 0.5) is 5.13 Å². The van der Waals surface area contributed by atoms with E-state index in [-0.39, 0.29) is 11.1 Å². The molecule has 0 aliphatic carbocycles. The van der Waals surface area contributed by atoms with E-state index in [0.717, 1.165) is 33.0 Å². The number of carbonyl (C=O) groups excluding carboxylic acids is 1. The summed E-state index contributed by atoms with van der Waals surface area (Å²) in [7, 11) is 0. The molecule has 0 unspecified atom stereocenters. The number of hydrogen-bond acceptors (Lipinski definition) is 5. The molecular weight excluding hydrogens is 404 g/mol. The highest BCUT2D eigenvalue weighted by molar-refractivity contribution is 7.19. The van der Waals surface area contributed by atoms with Gasteiger partial charge in [0.2, 0.25) is 0 Å². The Morgan fingerprint density at radius 1 is 1.00 bits per heavy atom. The number of halogens is 1. The van der Waals surface area contributed by atoms with Crippen molar-refractivity contribution in [3.63, 3.8) is 0 Å². The molecular formula is C22H17ClN4OS. The van der Waals surface area contributed by atoms with Crippen LogP contribution in [0.3, 0.4) is 0 Å². The zero-order valence-electron chi connectivity index (χ0n) is 15.8. The molecule has 0 aliphatic rings. The summed E-state index contributed by atoms with van der Waals surface area (Å²) < 4.78 is 0. The Hall–Kier alpha value is -3.09. The van der Waals surface area contributed by atoms with Gasteiger partial charge in [-0.25, -0.2) is 9.97 Å². The highest BCUT2D eigenvalue weighted by Gasteiger charge is 2.18. The summed E-state index contributed by atoms with van der Waals surface area (Å²) in [5.41, 5.74) is 5.18. The van der Waals surface area contributed by atoms with Crippen molar-refractivity contribution in [1.29, 1.82) is 0 Å². The van der Waals surface area contributed by atoms with Crippen LogP contribution in [0.15, 0.2) is 60.9 Å². The lowest BCUT2D eigenvalue weighted by molar-refractivity contribution is 0.102. The molecule has 3 heterocycles. The molecule has 1 amide bonds. The SMILES string of the molecule is Cc1cccc(-c2nc(NC(=O)c3cccnc3Cl)sc2-c2ccnc(C)c2)c1. The number of amides is 1. The number of rotatable bonds is 4. The molecule has 4 aromatic rings.